The first kappa shape index (κ1) is 15.0. The van der Waals surface area contributed by atoms with Crippen LogP contribution >= 0.6 is 0 Å². The second-order valence-electron chi connectivity index (χ2n) is 6.57. The third-order valence-electron chi connectivity index (χ3n) is 4.45. The number of aliphatic hydroxyl groups is 1. The summed E-state index contributed by atoms with van der Waals surface area (Å²) >= 11 is 0. The summed E-state index contributed by atoms with van der Waals surface area (Å²) in [5.41, 5.74) is 0.180. The van der Waals surface area contributed by atoms with Gasteiger partial charge in [-0.3, -0.25) is 0 Å². The summed E-state index contributed by atoms with van der Waals surface area (Å²) in [6.07, 6.45) is 6.29. The Morgan fingerprint density at radius 2 is 2.18 bits per heavy atom. The molecule has 2 heteroatoms. The standard InChI is InChI=1S/C15H31NO/c1-5-13(2)10-16(4)11-15(12-17)8-6-7-14(3)9-15/h13-14,17H,5-12H2,1-4H3. The van der Waals surface area contributed by atoms with E-state index >= 15 is 0 Å². The molecule has 0 amide bonds. The highest BCUT2D eigenvalue weighted by molar-refractivity contribution is 4.87. The number of hydrogen-bond acceptors (Lipinski definition) is 2. The van der Waals surface area contributed by atoms with Crippen molar-refractivity contribution >= 4 is 0 Å². The van der Waals surface area contributed by atoms with E-state index in [4.69, 9.17) is 0 Å². The SMILES string of the molecule is CCC(C)CN(C)CC1(CO)CCCC(C)C1. The first-order valence-corrected chi connectivity index (χ1v) is 7.30. The van der Waals surface area contributed by atoms with Crippen LogP contribution in [0.25, 0.3) is 0 Å². The van der Waals surface area contributed by atoms with Crippen LogP contribution in [-0.4, -0.2) is 36.8 Å². The van der Waals surface area contributed by atoms with Gasteiger partial charge in [0.2, 0.25) is 0 Å². The normalized spacial score (nSPS) is 31.8. The first-order chi connectivity index (χ1) is 8.01. The fraction of sp³-hybridized carbons (Fsp3) is 1.00. The van der Waals surface area contributed by atoms with Gasteiger partial charge < -0.3 is 10.0 Å². The number of rotatable bonds is 6. The van der Waals surface area contributed by atoms with Crippen molar-refractivity contribution < 1.29 is 5.11 Å². The highest BCUT2D eigenvalue weighted by Gasteiger charge is 2.35. The summed E-state index contributed by atoms with van der Waals surface area (Å²) in [4.78, 5) is 2.43. The van der Waals surface area contributed by atoms with E-state index in [9.17, 15) is 5.11 Å². The van der Waals surface area contributed by atoms with Crippen molar-refractivity contribution in [2.45, 2.75) is 52.9 Å². The zero-order valence-corrected chi connectivity index (χ0v) is 12.2. The van der Waals surface area contributed by atoms with E-state index in [0.29, 0.717) is 6.61 Å². The number of nitrogens with zero attached hydrogens (tertiary/aromatic N) is 1. The first-order valence-electron chi connectivity index (χ1n) is 7.30. The summed E-state index contributed by atoms with van der Waals surface area (Å²) in [7, 11) is 2.21. The van der Waals surface area contributed by atoms with E-state index in [1.807, 2.05) is 0 Å². The molecule has 3 unspecified atom stereocenters. The molecule has 0 aliphatic heterocycles. The van der Waals surface area contributed by atoms with Gasteiger partial charge in [0.05, 0.1) is 0 Å². The van der Waals surface area contributed by atoms with Gasteiger partial charge in [-0.05, 0) is 31.7 Å². The average Bonchev–Trinajstić information content (AvgIpc) is 2.28. The van der Waals surface area contributed by atoms with Gasteiger partial charge in [0.1, 0.15) is 0 Å². The largest absolute Gasteiger partial charge is 0.396 e. The average molecular weight is 241 g/mol. The maximum Gasteiger partial charge on any atom is 0.0499 e. The fourth-order valence-electron chi connectivity index (χ4n) is 3.40. The molecule has 2 nitrogen and oxygen atoms in total. The highest BCUT2D eigenvalue weighted by atomic mass is 16.3. The smallest absolute Gasteiger partial charge is 0.0499 e. The molecule has 17 heavy (non-hydrogen) atoms. The van der Waals surface area contributed by atoms with Crippen LogP contribution in [0.5, 0.6) is 0 Å². The molecule has 3 atom stereocenters. The molecule has 0 saturated heterocycles. The topological polar surface area (TPSA) is 23.5 Å². The van der Waals surface area contributed by atoms with Gasteiger partial charge in [0.15, 0.2) is 0 Å². The molecular formula is C15H31NO. The van der Waals surface area contributed by atoms with Crippen LogP contribution in [0.1, 0.15) is 52.9 Å². The minimum Gasteiger partial charge on any atom is -0.396 e. The fourth-order valence-corrected chi connectivity index (χ4v) is 3.40. The van der Waals surface area contributed by atoms with Gasteiger partial charge in [0, 0.05) is 25.1 Å². The molecule has 0 spiro atoms. The molecule has 1 saturated carbocycles. The molecule has 102 valence electrons. The van der Waals surface area contributed by atoms with Crippen LogP contribution in [0, 0.1) is 17.3 Å². The summed E-state index contributed by atoms with van der Waals surface area (Å²) < 4.78 is 0. The Hall–Kier alpha value is -0.0800. The molecule has 0 aromatic carbocycles. The van der Waals surface area contributed by atoms with Gasteiger partial charge in [0.25, 0.3) is 0 Å². The van der Waals surface area contributed by atoms with Gasteiger partial charge in [-0.15, -0.1) is 0 Å². The molecule has 1 rings (SSSR count). The lowest BCUT2D eigenvalue weighted by molar-refractivity contribution is 0.0277. The van der Waals surface area contributed by atoms with E-state index < -0.39 is 0 Å². The van der Waals surface area contributed by atoms with E-state index in [1.54, 1.807) is 0 Å². The third-order valence-corrected chi connectivity index (χ3v) is 4.45. The zero-order valence-electron chi connectivity index (χ0n) is 12.2. The molecule has 0 aromatic rings. The van der Waals surface area contributed by atoms with Crippen molar-refractivity contribution in [1.29, 1.82) is 0 Å². The molecule has 1 aliphatic carbocycles. The lowest BCUT2D eigenvalue weighted by Crippen LogP contribution is -2.42. The minimum absolute atomic E-state index is 0.180. The van der Waals surface area contributed by atoms with E-state index in [-0.39, 0.29) is 5.41 Å². The molecule has 0 bridgehead atoms. The number of hydrogen-bond donors (Lipinski definition) is 1. The van der Waals surface area contributed by atoms with Crippen LogP contribution in [0.4, 0.5) is 0 Å². The van der Waals surface area contributed by atoms with Crippen LogP contribution in [0.2, 0.25) is 0 Å². The lowest BCUT2D eigenvalue weighted by atomic mass is 9.70. The highest BCUT2D eigenvalue weighted by Crippen LogP contribution is 2.39. The van der Waals surface area contributed by atoms with Crippen molar-refractivity contribution in [1.82, 2.24) is 4.90 Å². The van der Waals surface area contributed by atoms with E-state index in [0.717, 1.165) is 24.9 Å². The maximum atomic E-state index is 9.77. The lowest BCUT2D eigenvalue weighted by Gasteiger charge is -2.41. The van der Waals surface area contributed by atoms with E-state index in [2.05, 4.69) is 32.7 Å². The summed E-state index contributed by atoms with van der Waals surface area (Å²) in [5.74, 6) is 1.55. The second kappa shape index (κ2) is 6.75. The van der Waals surface area contributed by atoms with E-state index in [1.165, 1.54) is 32.1 Å². The Bertz CT molecular complexity index is 219. The van der Waals surface area contributed by atoms with Gasteiger partial charge in [-0.1, -0.05) is 40.0 Å². The zero-order chi connectivity index (χ0) is 12.9. The van der Waals surface area contributed by atoms with Crippen LogP contribution in [0.3, 0.4) is 0 Å². The Kier molecular flexibility index (Phi) is 5.94. The van der Waals surface area contributed by atoms with Crippen molar-refractivity contribution in [3.05, 3.63) is 0 Å². The molecule has 1 N–H and O–H groups in total. The van der Waals surface area contributed by atoms with Crippen molar-refractivity contribution in [3.8, 4) is 0 Å². The van der Waals surface area contributed by atoms with Crippen LogP contribution in [0.15, 0.2) is 0 Å². The van der Waals surface area contributed by atoms with Crippen LogP contribution < -0.4 is 0 Å². The summed E-state index contributed by atoms with van der Waals surface area (Å²) in [6, 6.07) is 0. The Morgan fingerprint density at radius 3 is 2.71 bits per heavy atom. The monoisotopic (exact) mass is 241 g/mol. The summed E-state index contributed by atoms with van der Waals surface area (Å²) in [6.45, 7) is 9.49. The summed E-state index contributed by atoms with van der Waals surface area (Å²) in [5, 5.41) is 9.77. The van der Waals surface area contributed by atoms with Crippen molar-refractivity contribution in [2.75, 3.05) is 26.7 Å². The third kappa shape index (κ3) is 4.59. The minimum atomic E-state index is 0.180. The maximum absolute atomic E-state index is 9.77. The Balaban J connectivity index is 2.50. The van der Waals surface area contributed by atoms with Crippen molar-refractivity contribution in [2.24, 2.45) is 17.3 Å². The number of aliphatic hydroxyl groups excluding tert-OH is 1. The molecular weight excluding hydrogens is 210 g/mol. The molecule has 0 heterocycles. The van der Waals surface area contributed by atoms with Crippen molar-refractivity contribution in [3.63, 3.8) is 0 Å². The Morgan fingerprint density at radius 1 is 1.47 bits per heavy atom. The van der Waals surface area contributed by atoms with Gasteiger partial charge in [-0.2, -0.15) is 0 Å². The predicted molar refractivity (Wildman–Crippen MR) is 74.1 cm³/mol. The molecule has 0 aromatic heterocycles. The van der Waals surface area contributed by atoms with Crippen LogP contribution in [-0.2, 0) is 0 Å². The molecule has 1 aliphatic rings. The quantitative estimate of drug-likeness (QED) is 0.772. The Labute approximate surface area is 107 Å². The van der Waals surface area contributed by atoms with Gasteiger partial charge in [-0.25, -0.2) is 0 Å². The predicted octanol–water partition coefficient (Wildman–Crippen LogP) is 3.15. The molecule has 0 radical (unpaired) electrons. The molecule has 1 fully saturated rings. The van der Waals surface area contributed by atoms with Gasteiger partial charge >= 0.3 is 0 Å². The second-order valence-corrected chi connectivity index (χ2v) is 6.57.